The van der Waals surface area contributed by atoms with E-state index in [0.717, 1.165) is 0 Å². The van der Waals surface area contributed by atoms with Gasteiger partial charge < -0.3 is 10.5 Å². The minimum atomic E-state index is 1.75. The van der Waals surface area contributed by atoms with Gasteiger partial charge in [-0.25, -0.2) is 0 Å². The van der Waals surface area contributed by atoms with Crippen LogP contribution in [0.2, 0.25) is 0 Å². The van der Waals surface area contributed by atoms with Gasteiger partial charge in [0, 0.05) is 0 Å². The lowest BCUT2D eigenvalue weighted by Crippen LogP contribution is -2.16. The number of nitrogens with one attached hydrogen (secondary N) is 2. The minimum absolute atomic E-state index is 1.75. The maximum absolute atomic E-state index is 2.81. The van der Waals surface area contributed by atoms with Crippen molar-refractivity contribution in [3.05, 3.63) is 12.4 Å². The summed E-state index contributed by atoms with van der Waals surface area (Å²) in [6.45, 7) is 0. The second-order valence-corrected chi connectivity index (χ2v) is 0.811. The van der Waals surface area contributed by atoms with Gasteiger partial charge in [0.25, 0.3) is 0 Å². The molecular weight excluding hydrogens is 62.8 g/mol. The van der Waals surface area contributed by atoms with Gasteiger partial charge in [0.05, 0.1) is 0 Å². The van der Waals surface area contributed by atoms with Gasteiger partial charge in [-0.3, -0.25) is 0 Å². The van der Waals surface area contributed by atoms with E-state index in [1.54, 1.807) is 7.55 Å². The van der Waals surface area contributed by atoms with Gasteiger partial charge >= 0.3 is 0 Å². The van der Waals surface area contributed by atoms with E-state index in [4.69, 9.17) is 0 Å². The zero-order valence-electron chi connectivity index (χ0n) is 2.73. The zero-order chi connectivity index (χ0) is 3.54. The van der Waals surface area contributed by atoms with Gasteiger partial charge in [-0.2, -0.15) is 0 Å². The predicted octanol–water partition coefficient (Wildman–Crippen LogP) is -0.815. The molecule has 1 aliphatic rings. The Kier molecular flexibility index (Phi) is 0.534. The van der Waals surface area contributed by atoms with E-state index in [-0.39, 0.29) is 0 Å². The first-order valence-corrected chi connectivity index (χ1v) is 1.49. The van der Waals surface area contributed by atoms with Crippen LogP contribution < -0.4 is 10.5 Å². The first-order chi connectivity index (χ1) is 2.50. The van der Waals surface area contributed by atoms with Crippen molar-refractivity contribution in [2.75, 3.05) is 0 Å². The van der Waals surface area contributed by atoms with Crippen molar-refractivity contribution in [3.63, 3.8) is 0 Å². The standard InChI is InChI=1S/C2H4BN2/c1-2-5-3-4-1/h1-2,4-5H/q-1. The lowest BCUT2D eigenvalue weighted by molar-refractivity contribution is 1.37. The third kappa shape index (κ3) is 0.346. The molecule has 2 nitrogen and oxygen atoms in total. The average Bonchev–Trinajstić information content (AvgIpc) is 1.76. The fraction of sp³-hybridized carbons (Fsp3) is 0. The van der Waals surface area contributed by atoms with Crippen molar-refractivity contribution in [1.82, 2.24) is 10.5 Å². The summed E-state index contributed by atoms with van der Waals surface area (Å²) in [5.74, 6) is 0. The van der Waals surface area contributed by atoms with Gasteiger partial charge in [0.15, 0.2) is 0 Å². The maximum Gasteiger partial charge on any atom is -0.0344 e. The van der Waals surface area contributed by atoms with Gasteiger partial charge in [-0.15, -0.1) is 0 Å². The van der Waals surface area contributed by atoms with E-state index >= 15 is 0 Å². The molecule has 0 unspecified atom stereocenters. The summed E-state index contributed by atoms with van der Waals surface area (Å²) in [6.07, 6.45) is 3.64. The molecule has 2 radical (unpaired) electrons. The second kappa shape index (κ2) is 1.01. The molecule has 0 fully saturated rings. The molecule has 0 spiro atoms. The van der Waals surface area contributed by atoms with Crippen molar-refractivity contribution in [2.24, 2.45) is 0 Å². The summed E-state index contributed by atoms with van der Waals surface area (Å²) in [4.78, 5) is 0. The maximum atomic E-state index is 2.81. The molecular formula is C2H4BN2-. The van der Waals surface area contributed by atoms with Crippen molar-refractivity contribution in [3.8, 4) is 0 Å². The van der Waals surface area contributed by atoms with Crippen LogP contribution in [0.4, 0.5) is 0 Å². The minimum Gasteiger partial charge on any atom is -0.603 e. The first kappa shape index (κ1) is 2.63. The molecule has 0 aromatic carbocycles. The Labute approximate surface area is 31.5 Å². The van der Waals surface area contributed by atoms with Gasteiger partial charge in [0.2, 0.25) is 0 Å². The number of hydrogen-bond acceptors (Lipinski definition) is 2. The Morgan fingerprint density at radius 1 is 1.20 bits per heavy atom. The highest BCUT2D eigenvalue weighted by Gasteiger charge is 1.62. The second-order valence-electron chi connectivity index (χ2n) is 0.811. The van der Waals surface area contributed by atoms with Crippen LogP contribution in [0.25, 0.3) is 0 Å². The highest BCUT2D eigenvalue weighted by Crippen LogP contribution is 1.62. The van der Waals surface area contributed by atoms with Gasteiger partial charge in [-0.05, 0) is 12.4 Å². The predicted molar refractivity (Wildman–Crippen MR) is 21.2 cm³/mol. The third-order valence-corrected chi connectivity index (χ3v) is 0.442. The van der Waals surface area contributed by atoms with E-state index in [0.29, 0.717) is 0 Å². The normalized spacial score (nSPS) is 17.6. The molecule has 0 aliphatic carbocycles. The number of hydrogen-bond donors (Lipinski definition) is 2. The lowest BCUT2D eigenvalue weighted by atomic mass is 10.2. The summed E-state index contributed by atoms with van der Waals surface area (Å²) in [6, 6.07) is 0. The Morgan fingerprint density at radius 3 is 2.00 bits per heavy atom. The molecule has 5 heavy (non-hydrogen) atoms. The van der Waals surface area contributed by atoms with Crippen LogP contribution in [-0.2, 0) is 0 Å². The molecule has 3 heteroatoms. The van der Waals surface area contributed by atoms with Crippen LogP contribution >= 0.6 is 0 Å². The van der Waals surface area contributed by atoms with Gasteiger partial charge in [0.1, 0.15) is 0 Å². The Bertz CT molecular complexity index is 45.6. The van der Waals surface area contributed by atoms with Gasteiger partial charge in [-0.1, -0.05) is 7.55 Å². The van der Waals surface area contributed by atoms with Crippen LogP contribution in [-0.4, -0.2) is 7.55 Å². The molecule has 0 bridgehead atoms. The fourth-order valence-electron chi connectivity index (χ4n) is 0.241. The SMILES string of the molecule is [B-]1NC=CN1. The fourth-order valence-corrected chi connectivity index (χ4v) is 0.241. The molecule has 1 aliphatic heterocycles. The van der Waals surface area contributed by atoms with Crippen molar-refractivity contribution in [1.29, 1.82) is 0 Å². The van der Waals surface area contributed by atoms with Crippen molar-refractivity contribution in [2.45, 2.75) is 0 Å². The first-order valence-electron chi connectivity index (χ1n) is 1.49. The zero-order valence-corrected chi connectivity index (χ0v) is 2.73. The van der Waals surface area contributed by atoms with E-state index in [2.05, 4.69) is 10.5 Å². The quantitative estimate of drug-likeness (QED) is 0.362. The smallest absolute Gasteiger partial charge is 0.0344 e. The molecule has 1 heterocycles. The van der Waals surface area contributed by atoms with Crippen LogP contribution in [0.15, 0.2) is 12.4 Å². The van der Waals surface area contributed by atoms with Crippen molar-refractivity contribution < 1.29 is 0 Å². The molecule has 26 valence electrons. The van der Waals surface area contributed by atoms with Crippen LogP contribution in [0, 0.1) is 0 Å². The summed E-state index contributed by atoms with van der Waals surface area (Å²) in [5, 5.41) is 5.61. The van der Waals surface area contributed by atoms with E-state index in [9.17, 15) is 0 Å². The topological polar surface area (TPSA) is 24.1 Å². The molecule has 0 saturated carbocycles. The van der Waals surface area contributed by atoms with E-state index < -0.39 is 0 Å². The molecule has 0 aromatic rings. The molecule has 2 N–H and O–H groups in total. The lowest BCUT2D eigenvalue weighted by Gasteiger charge is -2.01. The number of rotatable bonds is 0. The molecule has 0 amide bonds. The average molecular weight is 66.9 g/mol. The Balaban J connectivity index is 2.32. The summed E-state index contributed by atoms with van der Waals surface area (Å²) in [5.41, 5.74) is 0. The summed E-state index contributed by atoms with van der Waals surface area (Å²) < 4.78 is 0. The van der Waals surface area contributed by atoms with Crippen LogP contribution in [0.3, 0.4) is 0 Å². The molecule has 0 aromatic heterocycles. The summed E-state index contributed by atoms with van der Waals surface area (Å²) in [7, 11) is 1.75. The van der Waals surface area contributed by atoms with E-state index in [1.165, 1.54) is 0 Å². The highest BCUT2D eigenvalue weighted by molar-refractivity contribution is 6.30. The Morgan fingerprint density at radius 2 is 1.80 bits per heavy atom. The third-order valence-electron chi connectivity index (χ3n) is 0.442. The van der Waals surface area contributed by atoms with Crippen LogP contribution in [0.5, 0.6) is 0 Å². The molecule has 0 saturated heterocycles. The summed E-state index contributed by atoms with van der Waals surface area (Å²) >= 11 is 0. The van der Waals surface area contributed by atoms with E-state index in [1.807, 2.05) is 12.4 Å². The largest absolute Gasteiger partial charge is 0.603 e. The molecule has 0 atom stereocenters. The Hall–Kier alpha value is -0.595. The van der Waals surface area contributed by atoms with Crippen LogP contribution in [0.1, 0.15) is 0 Å². The molecule has 1 rings (SSSR count). The highest BCUT2D eigenvalue weighted by atomic mass is 14.9. The monoisotopic (exact) mass is 67.0 g/mol. The van der Waals surface area contributed by atoms with Crippen molar-refractivity contribution >= 4 is 7.55 Å².